The Hall–Kier alpha value is -3.16. The van der Waals surface area contributed by atoms with Gasteiger partial charge in [0.1, 0.15) is 23.3 Å². The molecule has 0 atom stereocenters. The average molecular weight is 290 g/mol. The Labute approximate surface area is 118 Å². The lowest BCUT2D eigenvalue weighted by Crippen LogP contribution is -2.04. The number of rotatable bonds is 5. The Morgan fingerprint density at radius 3 is 2.43 bits per heavy atom. The molecule has 21 heavy (non-hydrogen) atoms. The van der Waals surface area contributed by atoms with E-state index in [0.29, 0.717) is 11.5 Å². The summed E-state index contributed by atoms with van der Waals surface area (Å²) in [5, 5.41) is 19.7. The van der Waals surface area contributed by atoms with Gasteiger partial charge in [0.25, 0.3) is 0 Å². The first kappa shape index (κ1) is 14.3. The monoisotopic (exact) mass is 290 g/mol. The molecule has 0 amide bonds. The summed E-state index contributed by atoms with van der Waals surface area (Å²) in [6.07, 6.45) is 0.850. The molecule has 8 heteroatoms. The minimum atomic E-state index is -1.43. The molecule has 1 N–H and O–H groups in total. The van der Waals surface area contributed by atoms with Gasteiger partial charge in [0.2, 0.25) is 5.88 Å². The molecule has 2 rings (SSSR count). The van der Waals surface area contributed by atoms with Gasteiger partial charge >= 0.3 is 11.7 Å². The van der Waals surface area contributed by atoms with Crippen LogP contribution in [-0.4, -0.2) is 28.1 Å². The minimum absolute atomic E-state index is 0.0526. The smallest absolute Gasteiger partial charge is 0.342 e. The Kier molecular flexibility index (Phi) is 3.98. The fourth-order valence-corrected chi connectivity index (χ4v) is 1.57. The van der Waals surface area contributed by atoms with E-state index < -0.39 is 22.1 Å². The summed E-state index contributed by atoms with van der Waals surface area (Å²) in [5.74, 6) is -0.453. The second-order valence-corrected chi connectivity index (χ2v) is 3.88. The van der Waals surface area contributed by atoms with E-state index in [4.69, 9.17) is 14.6 Å². The van der Waals surface area contributed by atoms with E-state index in [2.05, 4.69) is 4.98 Å². The van der Waals surface area contributed by atoms with Crippen LogP contribution >= 0.6 is 0 Å². The molecule has 108 valence electrons. The van der Waals surface area contributed by atoms with Crippen molar-refractivity contribution in [1.82, 2.24) is 4.98 Å². The van der Waals surface area contributed by atoms with Crippen LogP contribution in [-0.2, 0) is 0 Å². The molecule has 1 aromatic carbocycles. The molecule has 0 aliphatic rings. The molecular weight excluding hydrogens is 280 g/mol. The van der Waals surface area contributed by atoms with Gasteiger partial charge < -0.3 is 14.6 Å². The van der Waals surface area contributed by atoms with Gasteiger partial charge in [-0.25, -0.2) is 9.78 Å². The molecule has 0 spiro atoms. The van der Waals surface area contributed by atoms with Crippen molar-refractivity contribution in [1.29, 1.82) is 0 Å². The fraction of sp³-hybridized carbons (Fsp3) is 0.0769. The average Bonchev–Trinajstić information content (AvgIpc) is 2.47. The number of nitro groups is 1. The van der Waals surface area contributed by atoms with Gasteiger partial charge in [0, 0.05) is 6.07 Å². The number of ether oxygens (including phenoxy) is 2. The lowest BCUT2D eigenvalue weighted by Gasteiger charge is -2.06. The van der Waals surface area contributed by atoms with E-state index in [0.717, 1.165) is 12.3 Å². The second-order valence-electron chi connectivity index (χ2n) is 3.88. The first-order valence-electron chi connectivity index (χ1n) is 5.71. The normalized spacial score (nSPS) is 9.95. The van der Waals surface area contributed by atoms with Gasteiger partial charge in [-0.15, -0.1) is 0 Å². The third-order valence-electron chi connectivity index (χ3n) is 2.57. The maximum Gasteiger partial charge on any atom is 0.342 e. The highest BCUT2D eigenvalue weighted by molar-refractivity contribution is 5.92. The highest BCUT2D eigenvalue weighted by atomic mass is 16.6. The maximum atomic E-state index is 11.0. The summed E-state index contributed by atoms with van der Waals surface area (Å²) in [6, 6.07) is 7.51. The van der Waals surface area contributed by atoms with Crippen molar-refractivity contribution in [2.45, 2.75) is 0 Å². The van der Waals surface area contributed by atoms with Gasteiger partial charge in [-0.05, 0) is 24.3 Å². The summed E-state index contributed by atoms with van der Waals surface area (Å²) >= 11 is 0. The zero-order valence-corrected chi connectivity index (χ0v) is 10.8. The quantitative estimate of drug-likeness (QED) is 0.664. The number of hydrogen-bond donors (Lipinski definition) is 1. The molecule has 2 aromatic rings. The van der Waals surface area contributed by atoms with E-state index >= 15 is 0 Å². The van der Waals surface area contributed by atoms with Crippen LogP contribution in [0.5, 0.6) is 17.4 Å². The lowest BCUT2D eigenvalue weighted by atomic mass is 10.2. The number of pyridine rings is 1. The molecule has 0 aliphatic heterocycles. The van der Waals surface area contributed by atoms with E-state index in [9.17, 15) is 14.9 Å². The van der Waals surface area contributed by atoms with Crippen LogP contribution in [0.3, 0.4) is 0 Å². The molecule has 1 heterocycles. The van der Waals surface area contributed by atoms with Gasteiger partial charge in [0.05, 0.1) is 12.0 Å². The number of aromatic nitrogens is 1. The fourth-order valence-electron chi connectivity index (χ4n) is 1.57. The van der Waals surface area contributed by atoms with Crippen molar-refractivity contribution < 1.29 is 24.3 Å². The van der Waals surface area contributed by atoms with Crippen molar-refractivity contribution in [2.75, 3.05) is 7.11 Å². The predicted molar refractivity (Wildman–Crippen MR) is 70.9 cm³/mol. The SMILES string of the molecule is COc1ccc(Oc2cc(C(=O)O)c([N+](=O)[O-])cn2)cc1. The summed E-state index contributed by atoms with van der Waals surface area (Å²) in [4.78, 5) is 24.6. The third kappa shape index (κ3) is 3.24. The number of aromatic carboxylic acids is 1. The van der Waals surface area contributed by atoms with Gasteiger partial charge in [-0.2, -0.15) is 0 Å². The lowest BCUT2D eigenvalue weighted by molar-refractivity contribution is -0.385. The number of benzene rings is 1. The topological polar surface area (TPSA) is 112 Å². The standard InChI is InChI=1S/C13H10N2O6/c1-20-8-2-4-9(5-3-8)21-12-6-10(13(16)17)11(7-14-12)15(18)19/h2-7H,1H3,(H,16,17). The molecule has 0 fully saturated rings. The first-order chi connectivity index (χ1) is 10.0. The van der Waals surface area contributed by atoms with Crippen molar-refractivity contribution in [3.63, 3.8) is 0 Å². The number of carboxylic acid groups (broad SMARTS) is 1. The van der Waals surface area contributed by atoms with Crippen molar-refractivity contribution in [3.05, 3.63) is 52.2 Å². The number of hydrogen-bond acceptors (Lipinski definition) is 6. The van der Waals surface area contributed by atoms with Crippen LogP contribution in [0.15, 0.2) is 36.5 Å². The van der Waals surface area contributed by atoms with Crippen LogP contribution in [0.2, 0.25) is 0 Å². The highest BCUT2D eigenvalue weighted by Gasteiger charge is 2.21. The number of nitrogens with zero attached hydrogens (tertiary/aromatic N) is 2. The second kappa shape index (κ2) is 5.87. The van der Waals surface area contributed by atoms with Gasteiger partial charge in [0.15, 0.2) is 0 Å². The van der Waals surface area contributed by atoms with Crippen LogP contribution in [0.4, 0.5) is 5.69 Å². The van der Waals surface area contributed by atoms with Crippen LogP contribution in [0.1, 0.15) is 10.4 Å². The molecular formula is C13H10N2O6. The largest absolute Gasteiger partial charge is 0.497 e. The molecule has 0 saturated carbocycles. The number of carboxylic acids is 1. The third-order valence-corrected chi connectivity index (χ3v) is 2.57. The van der Waals surface area contributed by atoms with Crippen molar-refractivity contribution in [3.8, 4) is 17.4 Å². The van der Waals surface area contributed by atoms with E-state index in [1.54, 1.807) is 24.3 Å². The van der Waals surface area contributed by atoms with Gasteiger partial charge in [-0.1, -0.05) is 0 Å². The molecule has 0 radical (unpaired) electrons. The molecule has 0 aliphatic carbocycles. The molecule has 1 aromatic heterocycles. The van der Waals surface area contributed by atoms with Crippen LogP contribution < -0.4 is 9.47 Å². The van der Waals surface area contributed by atoms with Gasteiger partial charge in [-0.3, -0.25) is 10.1 Å². The van der Waals surface area contributed by atoms with E-state index in [1.807, 2.05) is 0 Å². The molecule has 8 nitrogen and oxygen atoms in total. The van der Waals surface area contributed by atoms with E-state index in [-0.39, 0.29) is 5.88 Å². The highest BCUT2D eigenvalue weighted by Crippen LogP contribution is 2.26. The minimum Gasteiger partial charge on any atom is -0.497 e. The van der Waals surface area contributed by atoms with Crippen LogP contribution in [0, 0.1) is 10.1 Å². The van der Waals surface area contributed by atoms with Crippen LogP contribution in [0.25, 0.3) is 0 Å². The maximum absolute atomic E-state index is 11.0. The Bertz CT molecular complexity index is 684. The zero-order valence-electron chi connectivity index (χ0n) is 10.8. The summed E-state index contributed by atoms with van der Waals surface area (Å²) in [6.45, 7) is 0. The summed E-state index contributed by atoms with van der Waals surface area (Å²) in [7, 11) is 1.52. The van der Waals surface area contributed by atoms with E-state index in [1.165, 1.54) is 7.11 Å². The van der Waals surface area contributed by atoms with Crippen molar-refractivity contribution >= 4 is 11.7 Å². The summed E-state index contributed by atoms with van der Waals surface area (Å²) < 4.78 is 10.3. The Balaban J connectivity index is 2.29. The zero-order chi connectivity index (χ0) is 15.4. The predicted octanol–water partition coefficient (Wildman–Crippen LogP) is 2.49. The Morgan fingerprint density at radius 1 is 1.29 bits per heavy atom. The number of methoxy groups -OCH3 is 1. The Morgan fingerprint density at radius 2 is 1.90 bits per heavy atom. The van der Waals surface area contributed by atoms with Crippen molar-refractivity contribution in [2.24, 2.45) is 0 Å². The molecule has 0 unspecified atom stereocenters. The molecule has 0 saturated heterocycles. The number of carbonyl (C=O) groups is 1. The first-order valence-corrected chi connectivity index (χ1v) is 5.71. The molecule has 0 bridgehead atoms. The summed E-state index contributed by atoms with van der Waals surface area (Å²) in [5.41, 5.74) is -1.08.